The van der Waals surface area contributed by atoms with E-state index in [-0.39, 0.29) is 11.8 Å². The van der Waals surface area contributed by atoms with Crippen molar-refractivity contribution >= 4 is 52.3 Å². The zero-order valence-corrected chi connectivity index (χ0v) is 25.7. The van der Waals surface area contributed by atoms with E-state index in [1.807, 2.05) is 10.6 Å². The molecule has 0 bridgehead atoms. The molecule has 41 heavy (non-hydrogen) atoms. The molecule has 0 saturated carbocycles. The summed E-state index contributed by atoms with van der Waals surface area (Å²) < 4.78 is 18.0. The molecule has 3 aromatic rings. The maximum absolute atomic E-state index is 13.1. The molecule has 1 fully saturated rings. The quantitative estimate of drug-likeness (QED) is 0.325. The SMILES string of the molecule is COc1cc(OC)c(Cl)c(Sc2nc3c([nH]2)c(N)nc[n+]3CC2CCCN(C(=O)[C@H](C)NC(=O)OC(C)(C)C)C2)c1. The van der Waals surface area contributed by atoms with Crippen LogP contribution < -0.4 is 25.1 Å². The van der Waals surface area contributed by atoms with E-state index in [9.17, 15) is 9.59 Å². The molecule has 2 amide bonds. The highest BCUT2D eigenvalue weighted by atomic mass is 35.5. The molecule has 14 heteroatoms. The number of fused-ring (bicyclic) bond motifs is 1. The third-order valence-corrected chi connectivity index (χ3v) is 7.99. The molecular weight excluding hydrogens is 570 g/mol. The van der Waals surface area contributed by atoms with Gasteiger partial charge in [0.15, 0.2) is 5.52 Å². The van der Waals surface area contributed by atoms with Gasteiger partial charge in [0.1, 0.15) is 23.1 Å². The monoisotopic (exact) mass is 606 g/mol. The Morgan fingerprint density at radius 1 is 1.32 bits per heavy atom. The number of rotatable bonds is 8. The van der Waals surface area contributed by atoms with Gasteiger partial charge >= 0.3 is 6.09 Å². The first-order chi connectivity index (χ1) is 19.4. The summed E-state index contributed by atoms with van der Waals surface area (Å²) in [6, 6.07) is 2.83. The van der Waals surface area contributed by atoms with Crippen LogP contribution in [0.2, 0.25) is 5.02 Å². The van der Waals surface area contributed by atoms with Crippen LogP contribution in [-0.2, 0) is 16.1 Å². The van der Waals surface area contributed by atoms with Gasteiger partial charge in [0.2, 0.25) is 23.2 Å². The van der Waals surface area contributed by atoms with E-state index in [0.29, 0.717) is 63.2 Å². The number of ether oxygens (including phenoxy) is 3. The number of carbonyl (C=O) groups excluding carboxylic acids is 2. The summed E-state index contributed by atoms with van der Waals surface area (Å²) in [7, 11) is 3.12. The van der Waals surface area contributed by atoms with Crippen molar-refractivity contribution < 1.29 is 28.4 Å². The number of aromatic nitrogens is 4. The normalized spacial score (nSPS) is 16.4. The Balaban J connectivity index is 1.49. The average molecular weight is 607 g/mol. The number of imidazole rings is 1. The predicted octanol–water partition coefficient (Wildman–Crippen LogP) is 3.80. The second-order valence-corrected chi connectivity index (χ2v) is 12.3. The number of benzene rings is 1. The summed E-state index contributed by atoms with van der Waals surface area (Å²) >= 11 is 7.87. The van der Waals surface area contributed by atoms with E-state index < -0.39 is 17.7 Å². The molecule has 1 saturated heterocycles. The molecule has 0 spiro atoms. The minimum Gasteiger partial charge on any atom is -0.497 e. The van der Waals surface area contributed by atoms with Crippen molar-refractivity contribution in [2.45, 2.75) is 68.8 Å². The number of nitrogens with zero attached hydrogens (tertiary/aromatic N) is 4. The number of H-pyrrole nitrogens is 1. The van der Waals surface area contributed by atoms with Gasteiger partial charge in [-0.2, -0.15) is 0 Å². The number of aromatic amines is 1. The summed E-state index contributed by atoms with van der Waals surface area (Å²) in [4.78, 5) is 40.2. The van der Waals surface area contributed by atoms with Gasteiger partial charge in [-0.1, -0.05) is 21.6 Å². The van der Waals surface area contributed by atoms with Crippen molar-refractivity contribution in [1.29, 1.82) is 0 Å². The van der Waals surface area contributed by atoms with Gasteiger partial charge in [0, 0.05) is 30.0 Å². The minimum absolute atomic E-state index is 0.143. The zero-order valence-electron chi connectivity index (χ0n) is 24.1. The van der Waals surface area contributed by atoms with E-state index in [1.165, 1.54) is 11.8 Å². The van der Waals surface area contributed by atoms with Crippen LogP contribution in [0.1, 0.15) is 40.5 Å². The first-order valence-electron chi connectivity index (χ1n) is 13.3. The molecule has 1 aromatic carbocycles. The molecule has 3 heterocycles. The highest BCUT2D eigenvalue weighted by molar-refractivity contribution is 7.99. The molecule has 12 nitrogen and oxygen atoms in total. The Labute approximate surface area is 248 Å². The van der Waals surface area contributed by atoms with Crippen LogP contribution in [0.3, 0.4) is 0 Å². The molecule has 222 valence electrons. The fraction of sp³-hybridized carbons (Fsp3) is 0.519. The molecule has 0 aliphatic carbocycles. The number of halogens is 1. The molecule has 4 N–H and O–H groups in total. The van der Waals surface area contributed by atoms with Crippen LogP contribution in [0.15, 0.2) is 28.5 Å². The van der Waals surface area contributed by atoms with Crippen LogP contribution in [0, 0.1) is 5.92 Å². The Hall–Kier alpha value is -3.45. The first-order valence-corrected chi connectivity index (χ1v) is 14.5. The highest BCUT2D eigenvalue weighted by Crippen LogP contribution is 2.41. The molecule has 2 aromatic heterocycles. The number of nitrogens with two attached hydrogens (primary N) is 1. The maximum Gasteiger partial charge on any atom is 0.408 e. The lowest BCUT2D eigenvalue weighted by Gasteiger charge is -2.34. The average Bonchev–Trinajstić information content (AvgIpc) is 3.35. The number of anilines is 1. The Bertz CT molecular complexity index is 1430. The number of hydrogen-bond donors (Lipinski definition) is 3. The number of nitrogens with one attached hydrogen (secondary N) is 2. The van der Waals surface area contributed by atoms with Gasteiger partial charge in [-0.05, 0) is 58.4 Å². The Morgan fingerprint density at radius 3 is 2.76 bits per heavy atom. The van der Waals surface area contributed by atoms with Crippen LogP contribution in [-0.4, -0.2) is 70.8 Å². The number of alkyl carbamates (subject to hydrolysis) is 1. The van der Waals surface area contributed by atoms with Crippen molar-refractivity contribution in [3.05, 3.63) is 23.5 Å². The number of likely N-dealkylation sites (tertiary alicyclic amines) is 1. The van der Waals surface area contributed by atoms with Gasteiger partial charge in [0.25, 0.3) is 5.65 Å². The molecule has 0 radical (unpaired) electrons. The van der Waals surface area contributed by atoms with Crippen LogP contribution >= 0.6 is 23.4 Å². The van der Waals surface area contributed by atoms with E-state index in [1.54, 1.807) is 59.2 Å². The summed E-state index contributed by atoms with van der Waals surface area (Å²) in [6.45, 7) is 8.77. The van der Waals surface area contributed by atoms with Crippen LogP contribution in [0.5, 0.6) is 11.5 Å². The van der Waals surface area contributed by atoms with Crippen molar-refractivity contribution in [2.75, 3.05) is 33.0 Å². The minimum atomic E-state index is -0.700. The van der Waals surface area contributed by atoms with Crippen molar-refractivity contribution in [1.82, 2.24) is 25.2 Å². The van der Waals surface area contributed by atoms with Crippen molar-refractivity contribution in [2.24, 2.45) is 5.92 Å². The summed E-state index contributed by atoms with van der Waals surface area (Å²) in [5.41, 5.74) is 6.81. The fourth-order valence-electron chi connectivity index (χ4n) is 4.67. The van der Waals surface area contributed by atoms with Crippen LogP contribution in [0.25, 0.3) is 11.2 Å². The predicted molar refractivity (Wildman–Crippen MR) is 155 cm³/mol. The number of amides is 2. The van der Waals surface area contributed by atoms with Gasteiger partial charge in [-0.25, -0.2) is 9.36 Å². The van der Waals surface area contributed by atoms with Crippen LogP contribution in [0.4, 0.5) is 10.6 Å². The summed E-state index contributed by atoms with van der Waals surface area (Å²) in [5.74, 6) is 1.44. The highest BCUT2D eigenvalue weighted by Gasteiger charge is 2.30. The van der Waals surface area contributed by atoms with E-state index >= 15 is 0 Å². The molecule has 4 rings (SSSR count). The number of methoxy groups -OCH3 is 2. The van der Waals surface area contributed by atoms with Gasteiger partial charge in [-0.3, -0.25) is 4.79 Å². The number of hydrogen-bond acceptors (Lipinski definition) is 9. The number of carbonyl (C=O) groups is 2. The number of piperidine rings is 1. The zero-order chi connectivity index (χ0) is 29.9. The summed E-state index contributed by atoms with van der Waals surface area (Å²) in [6.07, 6.45) is 2.84. The number of nitrogen functional groups attached to an aromatic ring is 1. The lowest BCUT2D eigenvalue weighted by atomic mass is 9.97. The topological polar surface area (TPSA) is 149 Å². The lowest BCUT2D eigenvalue weighted by molar-refractivity contribution is -0.682. The molecule has 1 aliphatic heterocycles. The maximum atomic E-state index is 13.1. The summed E-state index contributed by atoms with van der Waals surface area (Å²) in [5, 5.41) is 3.67. The third kappa shape index (κ3) is 7.45. The van der Waals surface area contributed by atoms with E-state index in [2.05, 4.69) is 15.3 Å². The standard InChI is InChI=1S/C27H36ClN7O5S/c1-15(31-26(37)40-27(2,3)4)24(36)34-9-7-8-16(12-34)13-35-14-30-22(29)21-23(35)33-25(32-21)41-19-11-17(38-5)10-18(39-6)20(19)28/h10-11,14-16H,7-9,12-13H2,1-6H3,(H3,29,31,32,33,37)/p+1/t15-,16?/m0/s1. The Morgan fingerprint density at radius 2 is 2.07 bits per heavy atom. The molecular formula is C27H37ClN7O5S+. The fourth-order valence-corrected chi connectivity index (χ4v) is 5.83. The second-order valence-electron chi connectivity index (χ2n) is 10.9. The largest absolute Gasteiger partial charge is 0.497 e. The second kappa shape index (κ2) is 12.6. The van der Waals surface area contributed by atoms with Gasteiger partial charge in [0.05, 0.1) is 25.8 Å². The lowest BCUT2D eigenvalue weighted by Crippen LogP contribution is -2.52. The van der Waals surface area contributed by atoms with E-state index in [0.717, 1.165) is 12.8 Å². The van der Waals surface area contributed by atoms with Crippen molar-refractivity contribution in [3.8, 4) is 11.5 Å². The first kappa shape index (κ1) is 30.5. The van der Waals surface area contributed by atoms with E-state index in [4.69, 9.17) is 36.5 Å². The van der Waals surface area contributed by atoms with Crippen molar-refractivity contribution in [3.63, 3.8) is 0 Å². The molecule has 1 aliphatic rings. The molecule has 1 unspecified atom stereocenters. The Kier molecular flexibility index (Phi) is 9.37. The smallest absolute Gasteiger partial charge is 0.408 e. The van der Waals surface area contributed by atoms with Gasteiger partial charge in [-0.15, -0.1) is 0 Å². The molecule has 2 atom stereocenters. The third-order valence-electron chi connectivity index (χ3n) is 6.56. The van der Waals surface area contributed by atoms with Gasteiger partial charge < -0.3 is 35.1 Å².